The molecule has 0 amide bonds. The van der Waals surface area contributed by atoms with Gasteiger partial charge in [0.25, 0.3) is 0 Å². The average Bonchev–Trinajstić information content (AvgIpc) is 2.60. The van der Waals surface area contributed by atoms with Crippen LogP contribution in [0.1, 0.15) is 38.7 Å². The van der Waals surface area contributed by atoms with Crippen LogP contribution in [0.5, 0.6) is 0 Å². The van der Waals surface area contributed by atoms with Crippen molar-refractivity contribution in [3.05, 3.63) is 42.0 Å². The zero-order valence-corrected chi connectivity index (χ0v) is 16.8. The third kappa shape index (κ3) is 7.42. The van der Waals surface area contributed by atoms with Gasteiger partial charge in [0.1, 0.15) is 7.11 Å². The predicted octanol–water partition coefficient (Wildman–Crippen LogP) is 3.76. The van der Waals surface area contributed by atoms with Crippen molar-refractivity contribution in [2.45, 2.75) is 44.9 Å². The lowest BCUT2D eigenvalue weighted by Gasteiger charge is -2.18. The van der Waals surface area contributed by atoms with E-state index in [1.54, 1.807) is 43.3 Å². The topological polar surface area (TPSA) is 59.0 Å². The lowest BCUT2D eigenvalue weighted by molar-refractivity contribution is 0.213. The zero-order valence-electron chi connectivity index (χ0n) is 16.0. The van der Waals surface area contributed by atoms with Crippen LogP contribution in [0.2, 0.25) is 0 Å². The average molecular weight is 377 g/mol. The van der Waals surface area contributed by atoms with Gasteiger partial charge in [-0.1, -0.05) is 48.2 Å². The van der Waals surface area contributed by atoms with Crippen molar-refractivity contribution in [3.63, 3.8) is 0 Å². The summed E-state index contributed by atoms with van der Waals surface area (Å²) in [4.78, 5) is 4.97. The van der Waals surface area contributed by atoms with Crippen LogP contribution in [0, 0.1) is 18.8 Å². The van der Waals surface area contributed by atoms with E-state index < -0.39 is 10.0 Å². The molecule has 1 aromatic carbocycles. The van der Waals surface area contributed by atoms with Crippen molar-refractivity contribution < 1.29 is 13.3 Å². The molecule has 0 aliphatic carbocycles. The molecule has 0 radical (unpaired) electrons. The fourth-order valence-electron chi connectivity index (χ4n) is 2.12. The minimum absolute atomic E-state index is 0.157. The second kappa shape index (κ2) is 11.5. The Kier molecular flexibility index (Phi) is 9.71. The maximum Gasteiger partial charge on any atom is 0.244 e. The fourth-order valence-corrected chi connectivity index (χ4v) is 3.41. The van der Waals surface area contributed by atoms with Gasteiger partial charge in [0.15, 0.2) is 0 Å². The Morgan fingerprint density at radius 3 is 2.58 bits per heavy atom. The summed E-state index contributed by atoms with van der Waals surface area (Å²) >= 11 is 0. The Morgan fingerprint density at radius 2 is 1.96 bits per heavy atom. The molecule has 0 unspecified atom stereocenters. The molecular formula is C20H28N2O3S. The van der Waals surface area contributed by atoms with E-state index in [0.29, 0.717) is 5.71 Å². The van der Waals surface area contributed by atoms with Crippen LogP contribution in [-0.2, 0) is 14.9 Å². The quantitative estimate of drug-likeness (QED) is 0.285. The Bertz CT molecular complexity index is 770. The second-order valence-electron chi connectivity index (χ2n) is 5.89. The first kappa shape index (κ1) is 21.9. The van der Waals surface area contributed by atoms with Crippen molar-refractivity contribution in [2.24, 2.45) is 5.16 Å². The number of oxime groups is 1. The van der Waals surface area contributed by atoms with Gasteiger partial charge in [-0.2, -0.15) is 4.31 Å². The summed E-state index contributed by atoms with van der Waals surface area (Å²) in [5.74, 6) is 6.02. The van der Waals surface area contributed by atoms with Crippen LogP contribution in [0.25, 0.3) is 0 Å². The summed E-state index contributed by atoms with van der Waals surface area (Å²) in [5, 5.41) is 3.78. The predicted molar refractivity (Wildman–Crippen MR) is 106 cm³/mol. The van der Waals surface area contributed by atoms with E-state index in [2.05, 4.69) is 23.9 Å². The van der Waals surface area contributed by atoms with Crippen molar-refractivity contribution in [1.29, 1.82) is 0 Å². The molecule has 1 rings (SSSR count). The van der Waals surface area contributed by atoms with Gasteiger partial charge in [-0.05, 0) is 38.5 Å². The second-order valence-corrected chi connectivity index (χ2v) is 7.82. The molecule has 0 N–H and O–H groups in total. The highest BCUT2D eigenvalue weighted by molar-refractivity contribution is 7.89. The van der Waals surface area contributed by atoms with Crippen molar-refractivity contribution in [1.82, 2.24) is 4.31 Å². The lowest BCUT2D eigenvalue weighted by atomic mass is 10.2. The SMILES string of the molecule is CCCCC#CCN(C/C=C/C(C)=N/OC)S(=O)(=O)c1ccc(C)cc1. The molecule has 0 aliphatic rings. The Hall–Kier alpha value is -2.10. The maximum atomic E-state index is 12.9. The largest absolute Gasteiger partial charge is 0.399 e. The molecule has 142 valence electrons. The van der Waals surface area contributed by atoms with Crippen molar-refractivity contribution in [3.8, 4) is 11.8 Å². The van der Waals surface area contributed by atoms with Gasteiger partial charge >= 0.3 is 0 Å². The van der Waals surface area contributed by atoms with E-state index in [4.69, 9.17) is 4.84 Å². The van der Waals surface area contributed by atoms with Gasteiger partial charge < -0.3 is 4.84 Å². The summed E-state index contributed by atoms with van der Waals surface area (Å²) in [6, 6.07) is 6.85. The minimum atomic E-state index is -3.61. The number of rotatable bonds is 9. The molecule has 0 aromatic heterocycles. The Labute approximate surface area is 157 Å². The molecular weight excluding hydrogens is 348 g/mol. The number of allylic oxidation sites excluding steroid dienone is 1. The van der Waals surface area contributed by atoms with Gasteiger partial charge in [-0.3, -0.25) is 0 Å². The molecule has 5 nitrogen and oxygen atoms in total. The smallest absolute Gasteiger partial charge is 0.244 e. The fraction of sp³-hybridized carbons (Fsp3) is 0.450. The van der Waals surface area contributed by atoms with E-state index in [1.807, 2.05) is 6.92 Å². The molecule has 0 bridgehead atoms. The molecule has 6 heteroatoms. The van der Waals surface area contributed by atoms with Gasteiger partial charge in [-0.15, -0.1) is 5.92 Å². The highest BCUT2D eigenvalue weighted by atomic mass is 32.2. The number of hydrogen-bond acceptors (Lipinski definition) is 4. The van der Waals surface area contributed by atoms with Gasteiger partial charge in [0.2, 0.25) is 10.0 Å². The van der Waals surface area contributed by atoms with E-state index in [0.717, 1.165) is 24.8 Å². The first-order valence-corrected chi connectivity index (χ1v) is 10.1. The number of benzene rings is 1. The summed E-state index contributed by atoms with van der Waals surface area (Å²) in [6.45, 7) is 6.18. The van der Waals surface area contributed by atoms with Gasteiger partial charge in [0, 0.05) is 13.0 Å². The van der Waals surface area contributed by atoms with Crippen LogP contribution >= 0.6 is 0 Å². The highest BCUT2D eigenvalue weighted by Gasteiger charge is 2.22. The number of aryl methyl sites for hydroxylation is 1. The summed E-state index contributed by atoms with van der Waals surface area (Å²) in [7, 11) is -2.14. The summed E-state index contributed by atoms with van der Waals surface area (Å²) in [6.07, 6.45) is 6.35. The number of nitrogens with zero attached hydrogens (tertiary/aromatic N) is 2. The molecule has 26 heavy (non-hydrogen) atoms. The van der Waals surface area contributed by atoms with E-state index in [9.17, 15) is 8.42 Å². The zero-order chi connectivity index (χ0) is 19.4. The van der Waals surface area contributed by atoms with Crippen LogP contribution < -0.4 is 0 Å². The third-order valence-electron chi connectivity index (χ3n) is 3.60. The summed E-state index contributed by atoms with van der Waals surface area (Å²) in [5.41, 5.74) is 1.68. The molecule has 0 saturated carbocycles. The van der Waals surface area contributed by atoms with E-state index >= 15 is 0 Å². The third-order valence-corrected chi connectivity index (χ3v) is 5.42. The molecule has 0 atom stereocenters. The maximum absolute atomic E-state index is 12.9. The minimum Gasteiger partial charge on any atom is -0.399 e. The first-order chi connectivity index (χ1) is 12.4. The lowest BCUT2D eigenvalue weighted by Crippen LogP contribution is -2.31. The monoisotopic (exact) mass is 376 g/mol. The molecule has 0 fully saturated rings. The Balaban J connectivity index is 2.99. The van der Waals surface area contributed by atoms with Crippen LogP contribution in [0.3, 0.4) is 0 Å². The van der Waals surface area contributed by atoms with Crippen LogP contribution in [0.4, 0.5) is 0 Å². The number of unbranched alkanes of at least 4 members (excludes halogenated alkanes) is 2. The van der Waals surface area contributed by atoms with Crippen molar-refractivity contribution in [2.75, 3.05) is 20.2 Å². The molecule has 0 aliphatic heterocycles. The summed E-state index contributed by atoms with van der Waals surface area (Å²) < 4.78 is 27.2. The van der Waals surface area contributed by atoms with Crippen LogP contribution in [-0.4, -0.2) is 38.6 Å². The molecule has 0 heterocycles. The normalized spacial score (nSPS) is 12.3. The van der Waals surface area contributed by atoms with E-state index in [-0.39, 0.29) is 18.0 Å². The van der Waals surface area contributed by atoms with Crippen LogP contribution in [0.15, 0.2) is 46.5 Å². The van der Waals surface area contributed by atoms with Crippen molar-refractivity contribution >= 4 is 15.7 Å². The van der Waals surface area contributed by atoms with Gasteiger partial charge in [-0.25, -0.2) is 8.42 Å². The number of hydrogen-bond donors (Lipinski definition) is 0. The van der Waals surface area contributed by atoms with E-state index in [1.165, 1.54) is 11.4 Å². The first-order valence-electron chi connectivity index (χ1n) is 8.68. The number of sulfonamides is 1. The Morgan fingerprint density at radius 1 is 1.27 bits per heavy atom. The highest BCUT2D eigenvalue weighted by Crippen LogP contribution is 2.16. The van der Waals surface area contributed by atoms with Gasteiger partial charge in [0.05, 0.1) is 17.2 Å². The standard InChI is InChI=1S/C20H28N2O3S/c1-5-6-7-8-9-16-22(17-10-11-19(3)21-25-4)26(23,24)20-14-12-18(2)13-15-20/h10-15H,5-7,16-17H2,1-4H3/b11-10+,21-19+. The molecule has 0 spiro atoms. The molecule has 0 saturated heterocycles. The molecule has 1 aromatic rings.